The summed E-state index contributed by atoms with van der Waals surface area (Å²) in [5.41, 5.74) is 3.16. The van der Waals surface area contributed by atoms with E-state index in [1.54, 1.807) is 0 Å². The number of amides is 1. The smallest absolute Gasteiger partial charge is 0.256 e. The SMILES string of the molecule is Cc1cccc(C2N=C(NC(C)(C)C)NC2=O)c1C. The number of hydrogen-bond donors (Lipinski definition) is 2. The van der Waals surface area contributed by atoms with E-state index in [1.165, 1.54) is 5.56 Å². The van der Waals surface area contributed by atoms with E-state index in [4.69, 9.17) is 0 Å². The third-order valence-electron chi connectivity index (χ3n) is 3.18. The Morgan fingerprint density at radius 2 is 1.95 bits per heavy atom. The average molecular weight is 259 g/mol. The Morgan fingerprint density at radius 1 is 1.26 bits per heavy atom. The Bertz CT molecular complexity index is 541. The molecule has 1 amide bonds. The summed E-state index contributed by atoms with van der Waals surface area (Å²) in [5.74, 6) is 0.490. The van der Waals surface area contributed by atoms with Gasteiger partial charge in [0.2, 0.25) is 0 Å². The zero-order valence-corrected chi connectivity index (χ0v) is 12.2. The number of guanidine groups is 1. The number of nitrogens with zero attached hydrogens (tertiary/aromatic N) is 1. The molecule has 1 heterocycles. The second-order valence-electron chi connectivity index (χ2n) is 6.03. The molecule has 0 bridgehead atoms. The van der Waals surface area contributed by atoms with Crippen LogP contribution in [-0.2, 0) is 4.79 Å². The number of nitrogens with one attached hydrogen (secondary N) is 2. The minimum Gasteiger partial charge on any atom is -0.351 e. The van der Waals surface area contributed by atoms with Gasteiger partial charge in [0.05, 0.1) is 0 Å². The molecule has 4 nitrogen and oxygen atoms in total. The number of rotatable bonds is 1. The fourth-order valence-corrected chi connectivity index (χ4v) is 2.10. The van der Waals surface area contributed by atoms with Crippen molar-refractivity contribution in [1.82, 2.24) is 10.6 Å². The van der Waals surface area contributed by atoms with Crippen LogP contribution in [0.15, 0.2) is 23.2 Å². The number of aryl methyl sites for hydroxylation is 1. The molecule has 0 fully saturated rings. The van der Waals surface area contributed by atoms with Gasteiger partial charge in [0, 0.05) is 5.54 Å². The van der Waals surface area contributed by atoms with Gasteiger partial charge in [-0.1, -0.05) is 18.2 Å². The predicted octanol–water partition coefficient (Wildman–Crippen LogP) is 2.22. The molecule has 2 N–H and O–H groups in total. The Balaban J connectivity index is 2.30. The lowest BCUT2D eigenvalue weighted by atomic mass is 9.98. The summed E-state index contributed by atoms with van der Waals surface area (Å²) in [5, 5.41) is 6.01. The first-order chi connectivity index (χ1) is 8.78. The minimum atomic E-state index is -0.440. The third-order valence-corrected chi connectivity index (χ3v) is 3.18. The third kappa shape index (κ3) is 2.95. The van der Waals surface area contributed by atoms with Crippen LogP contribution in [-0.4, -0.2) is 17.4 Å². The first-order valence-corrected chi connectivity index (χ1v) is 6.51. The molecule has 1 aromatic rings. The maximum absolute atomic E-state index is 12.1. The largest absolute Gasteiger partial charge is 0.351 e. The van der Waals surface area contributed by atoms with Crippen LogP contribution in [0, 0.1) is 13.8 Å². The predicted molar refractivity (Wildman–Crippen MR) is 77.1 cm³/mol. The molecule has 4 heteroatoms. The maximum atomic E-state index is 12.1. The van der Waals surface area contributed by atoms with Crippen molar-refractivity contribution in [3.8, 4) is 0 Å². The second kappa shape index (κ2) is 4.68. The lowest BCUT2D eigenvalue weighted by molar-refractivity contribution is -0.120. The highest BCUT2D eigenvalue weighted by Crippen LogP contribution is 2.26. The van der Waals surface area contributed by atoms with Crippen molar-refractivity contribution in [2.75, 3.05) is 0 Å². The molecule has 2 rings (SSSR count). The Labute approximate surface area is 114 Å². The van der Waals surface area contributed by atoms with Gasteiger partial charge in [-0.3, -0.25) is 10.1 Å². The summed E-state index contributed by atoms with van der Waals surface area (Å²) in [6.45, 7) is 10.2. The quantitative estimate of drug-likeness (QED) is 0.812. The van der Waals surface area contributed by atoms with Gasteiger partial charge in [0.15, 0.2) is 12.0 Å². The number of benzene rings is 1. The Hall–Kier alpha value is -1.84. The number of carbonyl (C=O) groups is 1. The van der Waals surface area contributed by atoms with Crippen molar-refractivity contribution in [2.24, 2.45) is 4.99 Å². The van der Waals surface area contributed by atoms with Gasteiger partial charge in [0.1, 0.15) is 0 Å². The van der Waals surface area contributed by atoms with Gasteiger partial charge >= 0.3 is 0 Å². The average Bonchev–Trinajstić information content (AvgIpc) is 2.61. The summed E-state index contributed by atoms with van der Waals surface area (Å²) in [4.78, 5) is 16.5. The molecule has 102 valence electrons. The molecule has 1 atom stereocenters. The summed E-state index contributed by atoms with van der Waals surface area (Å²) in [7, 11) is 0. The van der Waals surface area contributed by atoms with Gasteiger partial charge in [0.25, 0.3) is 5.91 Å². The van der Waals surface area contributed by atoms with Crippen molar-refractivity contribution < 1.29 is 4.79 Å². The highest BCUT2D eigenvalue weighted by Gasteiger charge is 2.30. The van der Waals surface area contributed by atoms with E-state index in [-0.39, 0.29) is 11.4 Å². The first kappa shape index (κ1) is 13.6. The summed E-state index contributed by atoms with van der Waals surface area (Å²) in [6.07, 6.45) is 0. The fraction of sp³-hybridized carbons (Fsp3) is 0.467. The molecule has 0 saturated heterocycles. The van der Waals surface area contributed by atoms with E-state index in [0.717, 1.165) is 11.1 Å². The van der Waals surface area contributed by atoms with E-state index >= 15 is 0 Å². The van der Waals surface area contributed by atoms with Crippen molar-refractivity contribution in [3.63, 3.8) is 0 Å². The van der Waals surface area contributed by atoms with E-state index < -0.39 is 6.04 Å². The van der Waals surface area contributed by atoms with Crippen LogP contribution in [0.4, 0.5) is 0 Å². The van der Waals surface area contributed by atoms with E-state index in [1.807, 2.05) is 52.8 Å². The van der Waals surface area contributed by atoms with Gasteiger partial charge in [-0.15, -0.1) is 0 Å². The van der Waals surface area contributed by atoms with E-state index in [2.05, 4.69) is 15.6 Å². The molecule has 19 heavy (non-hydrogen) atoms. The number of carbonyl (C=O) groups excluding carboxylic acids is 1. The van der Waals surface area contributed by atoms with Crippen molar-refractivity contribution in [1.29, 1.82) is 0 Å². The molecule has 1 aromatic carbocycles. The first-order valence-electron chi connectivity index (χ1n) is 6.51. The monoisotopic (exact) mass is 259 g/mol. The molecule has 0 spiro atoms. The van der Waals surface area contributed by atoms with Crippen LogP contribution >= 0.6 is 0 Å². The number of hydrogen-bond acceptors (Lipinski definition) is 3. The lowest BCUT2D eigenvalue weighted by Crippen LogP contribution is -2.46. The topological polar surface area (TPSA) is 53.5 Å². The van der Waals surface area contributed by atoms with Crippen molar-refractivity contribution >= 4 is 11.9 Å². The zero-order valence-electron chi connectivity index (χ0n) is 12.2. The van der Waals surface area contributed by atoms with Crippen LogP contribution in [0.2, 0.25) is 0 Å². The van der Waals surface area contributed by atoms with E-state index in [0.29, 0.717) is 5.96 Å². The van der Waals surface area contributed by atoms with Crippen molar-refractivity contribution in [2.45, 2.75) is 46.2 Å². The van der Waals surface area contributed by atoms with Crippen LogP contribution < -0.4 is 10.6 Å². The highest BCUT2D eigenvalue weighted by atomic mass is 16.2. The number of aliphatic imine (C=N–C) groups is 1. The van der Waals surface area contributed by atoms with Crippen LogP contribution in [0.3, 0.4) is 0 Å². The zero-order chi connectivity index (χ0) is 14.2. The van der Waals surface area contributed by atoms with Gasteiger partial charge in [-0.05, 0) is 51.3 Å². The second-order valence-corrected chi connectivity index (χ2v) is 6.03. The summed E-state index contributed by atoms with van der Waals surface area (Å²) in [6, 6.07) is 5.54. The van der Waals surface area contributed by atoms with Gasteiger partial charge in [-0.2, -0.15) is 0 Å². The molecule has 0 aliphatic carbocycles. The van der Waals surface area contributed by atoms with Gasteiger partial charge < -0.3 is 5.32 Å². The van der Waals surface area contributed by atoms with Gasteiger partial charge in [-0.25, -0.2) is 4.99 Å². The molecular weight excluding hydrogens is 238 g/mol. The van der Waals surface area contributed by atoms with Crippen molar-refractivity contribution in [3.05, 3.63) is 34.9 Å². The summed E-state index contributed by atoms with van der Waals surface area (Å²) >= 11 is 0. The minimum absolute atomic E-state index is 0.0690. The molecule has 0 aromatic heterocycles. The fourth-order valence-electron chi connectivity index (χ4n) is 2.10. The van der Waals surface area contributed by atoms with Crippen LogP contribution in [0.1, 0.15) is 43.5 Å². The van der Waals surface area contributed by atoms with Crippen LogP contribution in [0.5, 0.6) is 0 Å². The molecule has 1 aliphatic rings. The molecule has 1 unspecified atom stereocenters. The highest BCUT2D eigenvalue weighted by molar-refractivity contribution is 6.05. The molecule has 0 saturated carbocycles. The normalized spacial score (nSPS) is 19.1. The standard InChI is InChI=1S/C15H21N3O/c1-9-7-6-8-11(10(9)2)12-13(19)17-14(16-12)18-15(3,4)5/h6-8,12H,1-5H3,(H2,16,17,18,19). The molecule has 0 radical (unpaired) electrons. The Kier molecular flexibility index (Phi) is 3.35. The lowest BCUT2D eigenvalue weighted by Gasteiger charge is -2.21. The van der Waals surface area contributed by atoms with Crippen LogP contribution in [0.25, 0.3) is 0 Å². The van der Waals surface area contributed by atoms with E-state index in [9.17, 15) is 4.79 Å². The molecule has 1 aliphatic heterocycles. The molecular formula is C15H21N3O. The Morgan fingerprint density at radius 3 is 2.58 bits per heavy atom. The summed E-state index contributed by atoms with van der Waals surface area (Å²) < 4.78 is 0. The maximum Gasteiger partial charge on any atom is 0.256 e.